The lowest BCUT2D eigenvalue weighted by atomic mass is 10.1. The molecule has 1 unspecified atom stereocenters. The Morgan fingerprint density at radius 2 is 2.19 bits per heavy atom. The summed E-state index contributed by atoms with van der Waals surface area (Å²) in [6, 6.07) is 5.43. The van der Waals surface area contributed by atoms with Gasteiger partial charge in [-0.25, -0.2) is 4.39 Å². The van der Waals surface area contributed by atoms with Gasteiger partial charge >= 0.3 is 0 Å². The molecule has 1 atom stereocenters. The zero-order valence-electron chi connectivity index (χ0n) is 12.4. The summed E-state index contributed by atoms with van der Waals surface area (Å²) in [5.41, 5.74) is 1.80. The Morgan fingerprint density at radius 1 is 1.38 bits per heavy atom. The van der Waals surface area contributed by atoms with Gasteiger partial charge in [0.15, 0.2) is 0 Å². The lowest BCUT2D eigenvalue weighted by Crippen LogP contribution is -2.21. The largest absolute Gasteiger partial charge is 0.310 e. The first-order chi connectivity index (χ1) is 10.1. The molecule has 1 heterocycles. The number of rotatable bonds is 7. The van der Waals surface area contributed by atoms with Crippen molar-refractivity contribution < 1.29 is 4.39 Å². The molecule has 0 aliphatic heterocycles. The molecule has 0 radical (unpaired) electrons. The van der Waals surface area contributed by atoms with Crippen molar-refractivity contribution in [2.45, 2.75) is 39.3 Å². The van der Waals surface area contributed by atoms with Gasteiger partial charge in [-0.15, -0.1) is 0 Å². The quantitative estimate of drug-likeness (QED) is 0.804. The molecule has 2 aromatic rings. The molecule has 114 valence electrons. The van der Waals surface area contributed by atoms with Crippen LogP contribution in [-0.4, -0.2) is 16.3 Å². The third kappa shape index (κ3) is 4.38. The van der Waals surface area contributed by atoms with Crippen LogP contribution in [0.3, 0.4) is 0 Å². The monoisotopic (exact) mass is 353 g/mol. The number of hydrogen-bond donors (Lipinski definition) is 1. The van der Waals surface area contributed by atoms with Crippen molar-refractivity contribution in [1.82, 2.24) is 15.1 Å². The Bertz CT molecular complexity index is 583. The summed E-state index contributed by atoms with van der Waals surface area (Å²) in [6.45, 7) is 5.74. The average molecular weight is 354 g/mol. The van der Waals surface area contributed by atoms with Gasteiger partial charge in [-0.05, 0) is 31.5 Å². The Kier molecular flexibility index (Phi) is 5.94. The first-order valence-electron chi connectivity index (χ1n) is 7.33. The average Bonchev–Trinajstić information content (AvgIpc) is 2.91. The molecule has 1 aromatic carbocycles. The number of nitrogens with one attached hydrogen (secondary N) is 1. The first kappa shape index (κ1) is 16.2. The third-order valence-electron chi connectivity index (χ3n) is 3.45. The van der Waals surface area contributed by atoms with E-state index in [-0.39, 0.29) is 5.82 Å². The van der Waals surface area contributed by atoms with Gasteiger partial charge in [0, 0.05) is 27.8 Å². The summed E-state index contributed by atoms with van der Waals surface area (Å²) in [6.07, 6.45) is 5.99. The van der Waals surface area contributed by atoms with Crippen molar-refractivity contribution in [3.63, 3.8) is 0 Å². The molecule has 0 spiro atoms. The van der Waals surface area contributed by atoms with E-state index in [4.69, 9.17) is 0 Å². The number of hydrogen-bond acceptors (Lipinski definition) is 2. The number of halogens is 2. The van der Waals surface area contributed by atoms with Crippen molar-refractivity contribution in [2.75, 3.05) is 6.54 Å². The molecule has 21 heavy (non-hydrogen) atoms. The predicted molar refractivity (Wildman–Crippen MR) is 86.8 cm³/mol. The van der Waals surface area contributed by atoms with Crippen molar-refractivity contribution in [3.8, 4) is 0 Å². The zero-order chi connectivity index (χ0) is 15.2. The highest BCUT2D eigenvalue weighted by atomic mass is 79.9. The van der Waals surface area contributed by atoms with Crippen LogP contribution in [0.2, 0.25) is 0 Å². The van der Waals surface area contributed by atoms with Gasteiger partial charge in [0.1, 0.15) is 5.82 Å². The van der Waals surface area contributed by atoms with E-state index in [9.17, 15) is 4.39 Å². The molecule has 0 aliphatic carbocycles. The molecule has 1 N–H and O–H groups in total. The second-order valence-corrected chi connectivity index (χ2v) is 6.04. The summed E-state index contributed by atoms with van der Waals surface area (Å²) >= 11 is 3.27. The van der Waals surface area contributed by atoms with Gasteiger partial charge in [0.25, 0.3) is 0 Å². The summed E-state index contributed by atoms with van der Waals surface area (Å²) < 4.78 is 16.4. The molecule has 0 saturated carbocycles. The smallest absolute Gasteiger partial charge is 0.129 e. The minimum Gasteiger partial charge on any atom is -0.310 e. The Balaban J connectivity index is 2.08. The van der Waals surface area contributed by atoms with E-state index in [0.717, 1.165) is 29.4 Å². The molecule has 1 aromatic heterocycles. The molecule has 0 saturated heterocycles. The number of nitrogens with zero attached hydrogens (tertiary/aromatic N) is 2. The highest BCUT2D eigenvalue weighted by molar-refractivity contribution is 9.10. The zero-order valence-corrected chi connectivity index (χ0v) is 14.0. The van der Waals surface area contributed by atoms with Crippen LogP contribution < -0.4 is 5.32 Å². The second-order valence-electron chi connectivity index (χ2n) is 5.12. The molecule has 0 aliphatic rings. The molecule has 0 bridgehead atoms. The maximum Gasteiger partial charge on any atom is 0.129 e. The first-order valence-corrected chi connectivity index (χ1v) is 8.13. The topological polar surface area (TPSA) is 29.9 Å². The standard InChI is InChI=1S/C16H21BrFN3/c1-3-7-19-16(4-2)13-9-20-21(11-13)10-12-5-6-14(17)8-15(12)18/h5-6,8-9,11,16,19H,3-4,7,10H2,1-2H3. The van der Waals surface area contributed by atoms with Crippen LogP contribution >= 0.6 is 15.9 Å². The van der Waals surface area contributed by atoms with Gasteiger partial charge < -0.3 is 5.32 Å². The van der Waals surface area contributed by atoms with E-state index < -0.39 is 0 Å². The normalized spacial score (nSPS) is 12.6. The van der Waals surface area contributed by atoms with Crippen LogP contribution in [-0.2, 0) is 6.54 Å². The number of benzene rings is 1. The van der Waals surface area contributed by atoms with E-state index in [1.54, 1.807) is 10.7 Å². The molecule has 0 amide bonds. The maximum atomic E-state index is 13.9. The van der Waals surface area contributed by atoms with Crippen LogP contribution in [0.4, 0.5) is 4.39 Å². The van der Waals surface area contributed by atoms with E-state index in [2.05, 4.69) is 40.2 Å². The Labute approximate surface area is 133 Å². The van der Waals surface area contributed by atoms with E-state index in [0.29, 0.717) is 18.2 Å². The lowest BCUT2D eigenvalue weighted by molar-refractivity contribution is 0.517. The van der Waals surface area contributed by atoms with E-state index in [1.807, 2.05) is 18.5 Å². The minimum absolute atomic E-state index is 0.211. The molecule has 0 fully saturated rings. The van der Waals surface area contributed by atoms with Crippen molar-refractivity contribution in [2.24, 2.45) is 0 Å². The van der Waals surface area contributed by atoms with Crippen molar-refractivity contribution in [1.29, 1.82) is 0 Å². The summed E-state index contributed by atoms with van der Waals surface area (Å²) in [5.74, 6) is -0.211. The Morgan fingerprint density at radius 3 is 2.86 bits per heavy atom. The Hall–Kier alpha value is -1.20. The fraction of sp³-hybridized carbons (Fsp3) is 0.438. The molecular formula is C16H21BrFN3. The lowest BCUT2D eigenvalue weighted by Gasteiger charge is -2.14. The fourth-order valence-corrected chi connectivity index (χ4v) is 2.62. The third-order valence-corrected chi connectivity index (χ3v) is 3.95. The van der Waals surface area contributed by atoms with Crippen LogP contribution in [0.1, 0.15) is 43.9 Å². The van der Waals surface area contributed by atoms with Crippen LogP contribution in [0.15, 0.2) is 35.1 Å². The van der Waals surface area contributed by atoms with Gasteiger partial charge in [0.05, 0.1) is 12.7 Å². The number of aromatic nitrogens is 2. The van der Waals surface area contributed by atoms with Crippen molar-refractivity contribution in [3.05, 3.63) is 52.0 Å². The maximum absolute atomic E-state index is 13.9. The van der Waals surface area contributed by atoms with Crippen LogP contribution in [0.5, 0.6) is 0 Å². The van der Waals surface area contributed by atoms with Gasteiger partial charge in [-0.1, -0.05) is 35.8 Å². The van der Waals surface area contributed by atoms with Gasteiger partial charge in [-0.3, -0.25) is 4.68 Å². The highest BCUT2D eigenvalue weighted by Crippen LogP contribution is 2.18. The van der Waals surface area contributed by atoms with Crippen molar-refractivity contribution >= 4 is 15.9 Å². The van der Waals surface area contributed by atoms with E-state index >= 15 is 0 Å². The second kappa shape index (κ2) is 7.71. The van der Waals surface area contributed by atoms with Gasteiger partial charge in [-0.2, -0.15) is 5.10 Å². The summed E-state index contributed by atoms with van der Waals surface area (Å²) in [7, 11) is 0. The minimum atomic E-state index is -0.211. The highest BCUT2D eigenvalue weighted by Gasteiger charge is 2.11. The summed E-state index contributed by atoms with van der Waals surface area (Å²) in [5, 5.41) is 7.85. The van der Waals surface area contributed by atoms with Crippen LogP contribution in [0.25, 0.3) is 0 Å². The fourth-order valence-electron chi connectivity index (χ4n) is 2.29. The molecular weight excluding hydrogens is 333 g/mol. The van der Waals surface area contributed by atoms with Crippen LogP contribution in [0, 0.1) is 5.82 Å². The molecule has 2 rings (SSSR count). The SMILES string of the molecule is CCCNC(CC)c1cnn(Cc2ccc(Br)cc2F)c1. The predicted octanol–water partition coefficient (Wildman–Crippen LogP) is 4.28. The van der Waals surface area contributed by atoms with Gasteiger partial charge in [0.2, 0.25) is 0 Å². The summed E-state index contributed by atoms with van der Waals surface area (Å²) in [4.78, 5) is 0. The molecule has 5 heteroatoms. The van der Waals surface area contributed by atoms with E-state index in [1.165, 1.54) is 6.07 Å². The molecule has 3 nitrogen and oxygen atoms in total.